The number of aliphatic hydroxyl groups is 1. The highest BCUT2D eigenvalue weighted by Gasteiger charge is 2.15. The lowest BCUT2D eigenvalue weighted by molar-refractivity contribution is 0.144. The molecule has 0 saturated carbocycles. The fourth-order valence-electron chi connectivity index (χ4n) is 1.50. The molecule has 1 aromatic rings. The second kappa shape index (κ2) is 5.89. The molecule has 0 aromatic heterocycles. The third-order valence-electron chi connectivity index (χ3n) is 2.30. The van der Waals surface area contributed by atoms with Crippen LogP contribution < -0.4 is 11.1 Å². The Balaban J connectivity index is 2.65. The molecule has 0 saturated heterocycles. The standard InChI is InChI=1S/C11H16F2N2O/c1-15-6-11(16)10(14)4-7-2-8(12)5-9(13)3-7/h2-3,5,10-11,15-16H,4,6,14H2,1H3/t10-,11+/m0/s1. The van der Waals surface area contributed by atoms with Crippen molar-refractivity contribution in [2.75, 3.05) is 13.6 Å². The first kappa shape index (κ1) is 13.0. The summed E-state index contributed by atoms with van der Waals surface area (Å²) in [4.78, 5) is 0. The molecule has 0 unspecified atom stereocenters. The van der Waals surface area contributed by atoms with Gasteiger partial charge in [0.1, 0.15) is 11.6 Å². The minimum absolute atomic E-state index is 0.234. The average molecular weight is 230 g/mol. The molecule has 0 amide bonds. The molecule has 3 nitrogen and oxygen atoms in total. The molecule has 0 heterocycles. The predicted molar refractivity (Wildman–Crippen MR) is 58.0 cm³/mol. The highest BCUT2D eigenvalue weighted by atomic mass is 19.1. The first-order valence-electron chi connectivity index (χ1n) is 5.06. The second-order valence-electron chi connectivity index (χ2n) is 3.77. The van der Waals surface area contributed by atoms with Gasteiger partial charge in [-0.15, -0.1) is 0 Å². The molecule has 0 aliphatic carbocycles. The molecule has 16 heavy (non-hydrogen) atoms. The van der Waals surface area contributed by atoms with E-state index in [-0.39, 0.29) is 6.42 Å². The van der Waals surface area contributed by atoms with Crippen LogP contribution in [0.15, 0.2) is 18.2 Å². The summed E-state index contributed by atoms with van der Waals surface area (Å²) in [5.74, 6) is -1.27. The highest BCUT2D eigenvalue weighted by molar-refractivity contribution is 5.19. The van der Waals surface area contributed by atoms with Gasteiger partial charge in [0, 0.05) is 18.7 Å². The van der Waals surface area contributed by atoms with Gasteiger partial charge in [0.2, 0.25) is 0 Å². The Kier molecular flexibility index (Phi) is 4.79. The molecule has 0 radical (unpaired) electrons. The van der Waals surface area contributed by atoms with Gasteiger partial charge in [-0.1, -0.05) is 0 Å². The number of rotatable bonds is 5. The number of nitrogens with two attached hydrogens (primary N) is 1. The number of benzene rings is 1. The Morgan fingerprint density at radius 2 is 1.88 bits per heavy atom. The van der Waals surface area contributed by atoms with Gasteiger partial charge < -0.3 is 16.2 Å². The maximum absolute atomic E-state index is 12.9. The summed E-state index contributed by atoms with van der Waals surface area (Å²) in [6.07, 6.45) is -0.506. The summed E-state index contributed by atoms with van der Waals surface area (Å²) < 4.78 is 25.7. The van der Waals surface area contributed by atoms with Gasteiger partial charge in [0.05, 0.1) is 6.10 Å². The zero-order chi connectivity index (χ0) is 12.1. The van der Waals surface area contributed by atoms with Crippen LogP contribution in [0.3, 0.4) is 0 Å². The van der Waals surface area contributed by atoms with Crippen LogP contribution >= 0.6 is 0 Å². The van der Waals surface area contributed by atoms with Crippen LogP contribution in [0.5, 0.6) is 0 Å². The fourth-order valence-corrected chi connectivity index (χ4v) is 1.50. The molecule has 0 spiro atoms. The van der Waals surface area contributed by atoms with Crippen molar-refractivity contribution >= 4 is 0 Å². The molecule has 5 heteroatoms. The van der Waals surface area contributed by atoms with E-state index in [1.807, 2.05) is 0 Å². The molecular formula is C11H16F2N2O. The number of likely N-dealkylation sites (N-methyl/N-ethyl adjacent to an activating group) is 1. The molecule has 0 aliphatic heterocycles. The van der Waals surface area contributed by atoms with Crippen molar-refractivity contribution in [3.05, 3.63) is 35.4 Å². The third-order valence-corrected chi connectivity index (χ3v) is 2.30. The molecule has 4 N–H and O–H groups in total. The normalized spacial score (nSPS) is 14.8. The summed E-state index contributed by atoms with van der Waals surface area (Å²) in [5, 5.41) is 12.3. The van der Waals surface area contributed by atoms with Crippen molar-refractivity contribution in [1.82, 2.24) is 5.32 Å². The Hall–Kier alpha value is -1.04. The monoisotopic (exact) mass is 230 g/mol. The van der Waals surface area contributed by atoms with Crippen LogP contribution in [-0.4, -0.2) is 30.8 Å². The minimum atomic E-state index is -0.740. The average Bonchev–Trinajstić information content (AvgIpc) is 2.16. The van der Waals surface area contributed by atoms with Crippen molar-refractivity contribution in [2.45, 2.75) is 18.6 Å². The first-order chi connectivity index (χ1) is 7.52. The van der Waals surface area contributed by atoms with Crippen LogP contribution in [0.2, 0.25) is 0 Å². The lowest BCUT2D eigenvalue weighted by atomic mass is 10.0. The van der Waals surface area contributed by atoms with E-state index >= 15 is 0 Å². The molecule has 1 rings (SSSR count). The molecule has 0 fully saturated rings. The van der Waals surface area contributed by atoms with E-state index in [1.54, 1.807) is 7.05 Å². The Bertz CT molecular complexity index is 327. The number of nitrogens with one attached hydrogen (secondary N) is 1. The zero-order valence-electron chi connectivity index (χ0n) is 9.08. The number of hydrogen-bond acceptors (Lipinski definition) is 3. The Labute approximate surface area is 93.3 Å². The Morgan fingerprint density at radius 3 is 2.38 bits per heavy atom. The molecular weight excluding hydrogens is 214 g/mol. The summed E-state index contributed by atoms with van der Waals surface area (Å²) >= 11 is 0. The quantitative estimate of drug-likeness (QED) is 0.687. The summed E-state index contributed by atoms with van der Waals surface area (Å²) in [7, 11) is 1.69. The van der Waals surface area contributed by atoms with Crippen molar-refractivity contribution in [1.29, 1.82) is 0 Å². The molecule has 0 aliphatic rings. The van der Waals surface area contributed by atoms with E-state index in [9.17, 15) is 13.9 Å². The number of halogens is 2. The fraction of sp³-hybridized carbons (Fsp3) is 0.455. The minimum Gasteiger partial charge on any atom is -0.390 e. The van der Waals surface area contributed by atoms with E-state index in [1.165, 1.54) is 12.1 Å². The zero-order valence-corrected chi connectivity index (χ0v) is 9.08. The highest BCUT2D eigenvalue weighted by Crippen LogP contribution is 2.10. The van der Waals surface area contributed by atoms with Crippen molar-refractivity contribution in [3.63, 3.8) is 0 Å². The van der Waals surface area contributed by atoms with E-state index in [0.29, 0.717) is 12.1 Å². The lowest BCUT2D eigenvalue weighted by Crippen LogP contribution is -2.42. The summed E-state index contributed by atoms with van der Waals surface area (Å²) in [6, 6.07) is 2.69. The van der Waals surface area contributed by atoms with Crippen molar-refractivity contribution in [2.24, 2.45) is 5.73 Å². The number of hydrogen-bond donors (Lipinski definition) is 3. The SMILES string of the molecule is CNC[C@@H](O)[C@@H](N)Cc1cc(F)cc(F)c1. The Morgan fingerprint density at radius 1 is 1.31 bits per heavy atom. The van der Waals surface area contributed by atoms with E-state index in [2.05, 4.69) is 5.32 Å². The van der Waals surface area contributed by atoms with Crippen LogP contribution in [0.4, 0.5) is 8.78 Å². The molecule has 0 bridgehead atoms. The molecule has 1 aromatic carbocycles. The third kappa shape index (κ3) is 3.84. The van der Waals surface area contributed by atoms with Gasteiger partial charge >= 0.3 is 0 Å². The van der Waals surface area contributed by atoms with Crippen LogP contribution in [0.1, 0.15) is 5.56 Å². The maximum atomic E-state index is 12.9. The van der Waals surface area contributed by atoms with Crippen LogP contribution in [0, 0.1) is 11.6 Å². The van der Waals surface area contributed by atoms with Gasteiger partial charge in [0.15, 0.2) is 0 Å². The van der Waals surface area contributed by atoms with E-state index in [0.717, 1.165) is 6.07 Å². The van der Waals surface area contributed by atoms with Crippen LogP contribution in [-0.2, 0) is 6.42 Å². The lowest BCUT2D eigenvalue weighted by Gasteiger charge is -2.18. The predicted octanol–water partition coefficient (Wildman–Crippen LogP) is 0.415. The van der Waals surface area contributed by atoms with Crippen LogP contribution in [0.25, 0.3) is 0 Å². The van der Waals surface area contributed by atoms with E-state index < -0.39 is 23.8 Å². The van der Waals surface area contributed by atoms with Crippen molar-refractivity contribution < 1.29 is 13.9 Å². The van der Waals surface area contributed by atoms with Gasteiger partial charge in [-0.25, -0.2) is 8.78 Å². The van der Waals surface area contributed by atoms with Gasteiger partial charge in [-0.2, -0.15) is 0 Å². The molecule has 2 atom stereocenters. The largest absolute Gasteiger partial charge is 0.390 e. The van der Waals surface area contributed by atoms with Crippen molar-refractivity contribution in [3.8, 4) is 0 Å². The maximum Gasteiger partial charge on any atom is 0.126 e. The number of aliphatic hydroxyl groups excluding tert-OH is 1. The van der Waals surface area contributed by atoms with E-state index in [4.69, 9.17) is 5.73 Å². The summed E-state index contributed by atoms with van der Waals surface area (Å²) in [5.41, 5.74) is 6.15. The summed E-state index contributed by atoms with van der Waals surface area (Å²) in [6.45, 7) is 0.346. The second-order valence-corrected chi connectivity index (χ2v) is 3.77. The van der Waals surface area contributed by atoms with Gasteiger partial charge in [0.25, 0.3) is 0 Å². The smallest absolute Gasteiger partial charge is 0.126 e. The van der Waals surface area contributed by atoms with Gasteiger partial charge in [-0.3, -0.25) is 0 Å². The molecule has 90 valence electrons. The van der Waals surface area contributed by atoms with Gasteiger partial charge in [-0.05, 0) is 31.2 Å². The first-order valence-corrected chi connectivity index (χ1v) is 5.06. The topological polar surface area (TPSA) is 58.3 Å².